The first-order chi connectivity index (χ1) is 8.25. The predicted octanol–water partition coefficient (Wildman–Crippen LogP) is 1.33. The van der Waals surface area contributed by atoms with E-state index in [1.54, 1.807) is 0 Å². The van der Waals surface area contributed by atoms with Crippen molar-refractivity contribution in [3.63, 3.8) is 0 Å². The van der Waals surface area contributed by atoms with E-state index in [0.29, 0.717) is 11.3 Å². The zero-order valence-corrected chi connectivity index (χ0v) is 12.1. The van der Waals surface area contributed by atoms with E-state index in [9.17, 15) is 9.59 Å². The highest BCUT2D eigenvalue weighted by Crippen LogP contribution is 2.25. The fourth-order valence-electron chi connectivity index (χ4n) is 2.04. The summed E-state index contributed by atoms with van der Waals surface area (Å²) in [4.78, 5) is 25.2. The lowest BCUT2D eigenvalue weighted by Gasteiger charge is -2.24. The Labute approximate surface area is 109 Å². The van der Waals surface area contributed by atoms with Crippen LogP contribution in [0.2, 0.25) is 0 Å². The number of rotatable bonds is 6. The van der Waals surface area contributed by atoms with Gasteiger partial charge in [0.25, 0.3) is 0 Å². The number of nitrogens with zero attached hydrogens (tertiary/aromatic N) is 1. The summed E-state index contributed by atoms with van der Waals surface area (Å²) >= 11 is 0. The molecule has 0 radical (unpaired) electrons. The van der Waals surface area contributed by atoms with E-state index in [1.165, 1.54) is 0 Å². The Balaban J connectivity index is 2.52. The standard InChI is InChI=1S/C14H24N2O2/c1-14(2,3)10-11(13(18)12(10)17)15-8-6-7-9-16(4)5/h15H,6-9H2,1-5H3. The highest BCUT2D eigenvalue weighted by molar-refractivity contribution is 5.59. The molecule has 0 aliphatic heterocycles. The largest absolute Gasteiger partial charge is 0.381 e. The normalized spacial score (nSPS) is 12.3. The van der Waals surface area contributed by atoms with E-state index in [0.717, 1.165) is 25.9 Å². The second-order valence-corrected chi connectivity index (χ2v) is 6.10. The fourth-order valence-corrected chi connectivity index (χ4v) is 2.04. The minimum absolute atomic E-state index is 0.253. The molecule has 0 atom stereocenters. The van der Waals surface area contributed by atoms with Crippen LogP contribution in [-0.2, 0) is 5.41 Å². The molecule has 4 nitrogen and oxygen atoms in total. The van der Waals surface area contributed by atoms with Gasteiger partial charge in [0.1, 0.15) is 0 Å². The second kappa shape index (κ2) is 5.65. The Hall–Kier alpha value is -1.16. The summed E-state index contributed by atoms with van der Waals surface area (Å²) in [5, 5.41) is 3.12. The molecule has 4 heteroatoms. The van der Waals surface area contributed by atoms with Gasteiger partial charge in [-0.2, -0.15) is 0 Å². The van der Waals surface area contributed by atoms with Gasteiger partial charge >= 0.3 is 0 Å². The van der Waals surface area contributed by atoms with E-state index in [1.807, 2.05) is 34.9 Å². The summed E-state index contributed by atoms with van der Waals surface area (Å²) in [5.74, 6) is 0. The monoisotopic (exact) mass is 252 g/mol. The molecule has 1 aromatic carbocycles. The van der Waals surface area contributed by atoms with Gasteiger partial charge in [-0.15, -0.1) is 0 Å². The minimum atomic E-state index is -0.354. The van der Waals surface area contributed by atoms with Crippen LogP contribution in [-0.4, -0.2) is 32.1 Å². The van der Waals surface area contributed by atoms with Crippen molar-refractivity contribution in [2.45, 2.75) is 39.0 Å². The van der Waals surface area contributed by atoms with E-state index >= 15 is 0 Å². The third-order valence-corrected chi connectivity index (χ3v) is 2.99. The molecule has 1 N–H and O–H groups in total. The van der Waals surface area contributed by atoms with Gasteiger partial charge in [0.2, 0.25) is 10.9 Å². The third kappa shape index (κ3) is 3.42. The van der Waals surface area contributed by atoms with Crippen molar-refractivity contribution in [3.8, 4) is 0 Å². The lowest BCUT2D eigenvalue weighted by Crippen LogP contribution is -2.43. The first kappa shape index (κ1) is 14.9. The van der Waals surface area contributed by atoms with Gasteiger partial charge in [0.15, 0.2) is 0 Å². The van der Waals surface area contributed by atoms with Gasteiger partial charge < -0.3 is 10.2 Å². The molecule has 0 unspecified atom stereocenters. The number of hydrogen-bond donors (Lipinski definition) is 1. The molecule has 0 saturated carbocycles. The summed E-state index contributed by atoms with van der Waals surface area (Å²) in [6.45, 7) is 7.67. The zero-order valence-electron chi connectivity index (χ0n) is 12.1. The summed E-state index contributed by atoms with van der Waals surface area (Å²) in [6.07, 6.45) is 2.08. The van der Waals surface area contributed by atoms with Crippen molar-refractivity contribution in [2.24, 2.45) is 0 Å². The van der Waals surface area contributed by atoms with Gasteiger partial charge in [-0.25, -0.2) is 0 Å². The fraction of sp³-hybridized carbons (Fsp3) is 0.714. The van der Waals surface area contributed by atoms with Gasteiger partial charge in [-0.1, -0.05) is 20.8 Å². The predicted molar refractivity (Wildman–Crippen MR) is 76.3 cm³/mol. The molecule has 0 heterocycles. The van der Waals surface area contributed by atoms with Gasteiger partial charge in [-0.05, 0) is 38.9 Å². The van der Waals surface area contributed by atoms with Crippen LogP contribution in [0.25, 0.3) is 0 Å². The molecule has 0 spiro atoms. The van der Waals surface area contributed by atoms with E-state index in [2.05, 4.69) is 10.2 Å². The first-order valence-corrected chi connectivity index (χ1v) is 6.47. The Morgan fingerprint density at radius 1 is 1.06 bits per heavy atom. The van der Waals surface area contributed by atoms with Crippen molar-refractivity contribution in [1.29, 1.82) is 0 Å². The number of unbranched alkanes of at least 4 members (excludes halogenated alkanes) is 1. The van der Waals surface area contributed by atoms with Crippen LogP contribution in [0.1, 0.15) is 39.2 Å². The Morgan fingerprint density at radius 3 is 2.17 bits per heavy atom. The maximum atomic E-state index is 11.5. The summed E-state index contributed by atoms with van der Waals surface area (Å²) in [5.41, 5.74) is 0.264. The molecule has 0 aliphatic rings. The molecular weight excluding hydrogens is 228 g/mol. The molecule has 0 amide bonds. The Morgan fingerprint density at radius 2 is 1.67 bits per heavy atom. The Kier molecular flexibility index (Phi) is 4.68. The minimum Gasteiger partial charge on any atom is -0.381 e. The highest BCUT2D eigenvalue weighted by atomic mass is 16.2. The highest BCUT2D eigenvalue weighted by Gasteiger charge is 2.29. The van der Waals surface area contributed by atoms with Gasteiger partial charge in [0, 0.05) is 12.1 Å². The molecule has 18 heavy (non-hydrogen) atoms. The second-order valence-electron chi connectivity index (χ2n) is 6.10. The summed E-state index contributed by atoms with van der Waals surface area (Å²) < 4.78 is 0. The van der Waals surface area contributed by atoms with Crippen molar-refractivity contribution in [3.05, 3.63) is 26.0 Å². The van der Waals surface area contributed by atoms with Crippen molar-refractivity contribution in [2.75, 3.05) is 32.5 Å². The van der Waals surface area contributed by atoms with Crippen molar-refractivity contribution < 1.29 is 0 Å². The van der Waals surface area contributed by atoms with Crippen LogP contribution in [0.3, 0.4) is 0 Å². The van der Waals surface area contributed by atoms with E-state index in [4.69, 9.17) is 0 Å². The molecule has 0 fully saturated rings. The molecule has 0 aliphatic carbocycles. The Bertz CT molecular complexity index is 463. The summed E-state index contributed by atoms with van der Waals surface area (Å²) in [6, 6.07) is 0. The zero-order chi connectivity index (χ0) is 13.9. The number of hydrogen-bond acceptors (Lipinski definition) is 4. The van der Waals surface area contributed by atoms with Gasteiger partial charge in [-0.3, -0.25) is 9.59 Å². The lowest BCUT2D eigenvalue weighted by atomic mass is 9.82. The van der Waals surface area contributed by atoms with Gasteiger partial charge in [0.05, 0.1) is 5.69 Å². The topological polar surface area (TPSA) is 49.4 Å². The molecule has 102 valence electrons. The molecule has 0 bridgehead atoms. The smallest absolute Gasteiger partial charge is 0.249 e. The van der Waals surface area contributed by atoms with Crippen LogP contribution in [0.5, 0.6) is 0 Å². The quantitative estimate of drug-likeness (QED) is 0.613. The van der Waals surface area contributed by atoms with E-state index < -0.39 is 0 Å². The SMILES string of the molecule is CN(C)CCCCNc1c(C(C)(C)C)c(=O)c1=O. The maximum absolute atomic E-state index is 11.5. The van der Waals surface area contributed by atoms with Crippen molar-refractivity contribution >= 4 is 5.69 Å². The van der Waals surface area contributed by atoms with Crippen LogP contribution < -0.4 is 16.2 Å². The number of nitrogens with one attached hydrogen (secondary N) is 1. The molecule has 1 rings (SSSR count). The van der Waals surface area contributed by atoms with Crippen LogP contribution in [0.4, 0.5) is 5.69 Å². The van der Waals surface area contributed by atoms with Crippen LogP contribution in [0.15, 0.2) is 9.59 Å². The summed E-state index contributed by atoms with van der Waals surface area (Å²) in [7, 11) is 4.09. The molecule has 0 aromatic heterocycles. The molecule has 1 aromatic rings. The van der Waals surface area contributed by atoms with E-state index in [-0.39, 0.29) is 16.3 Å². The van der Waals surface area contributed by atoms with Crippen LogP contribution >= 0.6 is 0 Å². The maximum Gasteiger partial charge on any atom is 0.249 e. The first-order valence-electron chi connectivity index (χ1n) is 6.47. The van der Waals surface area contributed by atoms with Crippen molar-refractivity contribution in [1.82, 2.24) is 4.90 Å². The number of anilines is 1. The lowest BCUT2D eigenvalue weighted by molar-refractivity contribution is 0.396. The average Bonchev–Trinajstić information content (AvgIpc) is 2.24. The average molecular weight is 252 g/mol. The van der Waals surface area contributed by atoms with Crippen LogP contribution in [0, 0.1) is 0 Å². The molecule has 0 saturated heterocycles. The molecular formula is C14H24N2O2. The third-order valence-electron chi connectivity index (χ3n) is 2.99.